The van der Waals surface area contributed by atoms with E-state index in [0.29, 0.717) is 17.9 Å². The van der Waals surface area contributed by atoms with E-state index < -0.39 is 0 Å². The van der Waals surface area contributed by atoms with Gasteiger partial charge in [0.15, 0.2) is 0 Å². The topological polar surface area (TPSA) is 26.3 Å². The summed E-state index contributed by atoms with van der Waals surface area (Å²) in [4.78, 5) is 10.7. The number of hydrogen-bond acceptors (Lipinski definition) is 2. The maximum Gasteiger partial charge on any atom is 0.302 e. The Balaban J connectivity index is 2.45. The quantitative estimate of drug-likeness (QED) is 0.533. The Hall–Kier alpha value is -1.05. The minimum atomic E-state index is -0.217. The zero-order chi connectivity index (χ0) is 14.5. The lowest BCUT2D eigenvalue weighted by Gasteiger charge is -2.40. The van der Waals surface area contributed by atoms with Crippen molar-refractivity contribution in [3.8, 4) is 0 Å². The third kappa shape index (κ3) is 5.22. The van der Waals surface area contributed by atoms with E-state index in [4.69, 9.17) is 4.74 Å². The molecule has 2 nitrogen and oxygen atoms in total. The van der Waals surface area contributed by atoms with Crippen molar-refractivity contribution in [3.63, 3.8) is 0 Å². The zero-order valence-electron chi connectivity index (χ0n) is 12.9. The van der Waals surface area contributed by atoms with Crippen molar-refractivity contribution in [2.24, 2.45) is 11.3 Å². The van der Waals surface area contributed by atoms with Gasteiger partial charge in [-0.15, -0.1) is 0 Å². The summed E-state index contributed by atoms with van der Waals surface area (Å²) in [5, 5.41) is 0. The fourth-order valence-corrected chi connectivity index (χ4v) is 3.04. The van der Waals surface area contributed by atoms with Gasteiger partial charge in [-0.1, -0.05) is 31.6 Å². The molecular weight excluding hydrogens is 236 g/mol. The molecule has 0 heterocycles. The highest BCUT2D eigenvalue weighted by Crippen LogP contribution is 2.45. The average molecular weight is 264 g/mol. The Labute approximate surface area is 117 Å². The van der Waals surface area contributed by atoms with Crippen LogP contribution in [0.5, 0.6) is 0 Å². The van der Waals surface area contributed by atoms with Crippen molar-refractivity contribution in [1.29, 1.82) is 0 Å². The number of rotatable bonds is 5. The molecule has 1 saturated carbocycles. The molecule has 0 aromatic heterocycles. The molecule has 0 spiro atoms. The van der Waals surface area contributed by atoms with E-state index in [1.807, 2.05) is 6.08 Å². The molecular formula is C17H28O2. The van der Waals surface area contributed by atoms with Gasteiger partial charge in [0.1, 0.15) is 6.61 Å². The van der Waals surface area contributed by atoms with Crippen LogP contribution in [0.15, 0.2) is 23.8 Å². The molecule has 0 saturated heterocycles. The first-order chi connectivity index (χ1) is 8.83. The molecule has 1 unspecified atom stereocenters. The summed E-state index contributed by atoms with van der Waals surface area (Å²) < 4.78 is 4.93. The smallest absolute Gasteiger partial charge is 0.302 e. The summed E-state index contributed by atoms with van der Waals surface area (Å²) in [5.74, 6) is 0.407. The van der Waals surface area contributed by atoms with Crippen molar-refractivity contribution < 1.29 is 9.53 Å². The lowest BCUT2D eigenvalue weighted by atomic mass is 9.65. The minimum Gasteiger partial charge on any atom is -0.462 e. The third-order valence-electron chi connectivity index (χ3n) is 4.30. The molecule has 19 heavy (non-hydrogen) atoms. The van der Waals surface area contributed by atoms with Crippen LogP contribution in [0.1, 0.15) is 59.8 Å². The normalized spacial score (nSPS) is 23.3. The first-order valence-corrected chi connectivity index (χ1v) is 7.29. The minimum absolute atomic E-state index is 0.217. The van der Waals surface area contributed by atoms with Crippen LogP contribution < -0.4 is 0 Å². The lowest BCUT2D eigenvalue weighted by Crippen LogP contribution is -2.29. The van der Waals surface area contributed by atoms with Gasteiger partial charge in [-0.05, 0) is 56.4 Å². The van der Waals surface area contributed by atoms with Gasteiger partial charge in [0.25, 0.3) is 0 Å². The Bertz CT molecular complexity index is 363. The van der Waals surface area contributed by atoms with Gasteiger partial charge in [0, 0.05) is 6.92 Å². The fraction of sp³-hybridized carbons (Fsp3) is 0.706. The summed E-state index contributed by atoms with van der Waals surface area (Å²) in [5.41, 5.74) is 3.10. The van der Waals surface area contributed by atoms with Gasteiger partial charge in [-0.25, -0.2) is 0 Å². The molecule has 108 valence electrons. The summed E-state index contributed by atoms with van der Waals surface area (Å²) in [6.45, 7) is 12.9. The molecule has 1 aliphatic carbocycles. The van der Waals surface area contributed by atoms with E-state index in [0.717, 1.165) is 12.8 Å². The SMILES string of the molecule is C=C1CCCC(C)(C)C1CC/C(C)=C/COC(C)=O. The second-order valence-corrected chi connectivity index (χ2v) is 6.44. The molecule has 1 rings (SSSR count). The molecule has 1 atom stereocenters. The number of ether oxygens (including phenoxy) is 1. The summed E-state index contributed by atoms with van der Waals surface area (Å²) in [7, 11) is 0. The van der Waals surface area contributed by atoms with Gasteiger partial charge in [0.2, 0.25) is 0 Å². The van der Waals surface area contributed by atoms with Crippen LogP contribution in [0.25, 0.3) is 0 Å². The maximum absolute atomic E-state index is 10.7. The van der Waals surface area contributed by atoms with Crippen molar-refractivity contribution in [3.05, 3.63) is 23.8 Å². The van der Waals surface area contributed by atoms with Gasteiger partial charge < -0.3 is 4.74 Å². The van der Waals surface area contributed by atoms with Crippen molar-refractivity contribution >= 4 is 5.97 Å². The van der Waals surface area contributed by atoms with Crippen molar-refractivity contribution in [2.45, 2.75) is 59.8 Å². The first kappa shape index (κ1) is 16.0. The lowest BCUT2D eigenvalue weighted by molar-refractivity contribution is -0.139. The number of carbonyl (C=O) groups excluding carboxylic acids is 1. The first-order valence-electron chi connectivity index (χ1n) is 7.29. The van der Waals surface area contributed by atoms with E-state index in [9.17, 15) is 4.79 Å². The highest BCUT2D eigenvalue weighted by atomic mass is 16.5. The molecule has 0 aromatic rings. The second-order valence-electron chi connectivity index (χ2n) is 6.44. The highest BCUT2D eigenvalue weighted by Gasteiger charge is 2.33. The monoisotopic (exact) mass is 264 g/mol. The number of carbonyl (C=O) groups is 1. The van der Waals surface area contributed by atoms with E-state index in [-0.39, 0.29) is 5.97 Å². The fourth-order valence-electron chi connectivity index (χ4n) is 3.04. The van der Waals surface area contributed by atoms with Crippen molar-refractivity contribution in [1.82, 2.24) is 0 Å². The molecule has 0 radical (unpaired) electrons. The predicted octanol–water partition coefficient (Wildman–Crippen LogP) is 4.66. The average Bonchev–Trinajstić information content (AvgIpc) is 2.26. The number of esters is 1. The van der Waals surface area contributed by atoms with Crippen LogP contribution in [0.3, 0.4) is 0 Å². The molecule has 0 aromatic carbocycles. The van der Waals surface area contributed by atoms with E-state index in [1.165, 1.54) is 37.3 Å². The highest BCUT2D eigenvalue weighted by molar-refractivity contribution is 5.66. The molecule has 0 bridgehead atoms. The second kappa shape index (κ2) is 6.93. The summed E-state index contributed by atoms with van der Waals surface area (Å²) in [6.07, 6.45) is 8.00. The molecule has 2 heteroatoms. The largest absolute Gasteiger partial charge is 0.462 e. The molecule has 1 aliphatic rings. The number of hydrogen-bond donors (Lipinski definition) is 0. The predicted molar refractivity (Wildman–Crippen MR) is 79.9 cm³/mol. The van der Waals surface area contributed by atoms with Crippen LogP contribution >= 0.6 is 0 Å². The number of allylic oxidation sites excluding steroid dienone is 2. The third-order valence-corrected chi connectivity index (χ3v) is 4.30. The standard InChI is InChI=1S/C17H28O2/c1-13(10-12-19-15(3)18)8-9-16-14(2)7-6-11-17(16,4)5/h10,16H,2,6-9,11-12H2,1,3-5H3/b13-10+. The summed E-state index contributed by atoms with van der Waals surface area (Å²) >= 11 is 0. The van der Waals surface area contributed by atoms with Gasteiger partial charge >= 0.3 is 5.97 Å². The van der Waals surface area contributed by atoms with Gasteiger partial charge in [0.05, 0.1) is 0 Å². The van der Waals surface area contributed by atoms with E-state index in [1.54, 1.807) is 0 Å². The summed E-state index contributed by atoms with van der Waals surface area (Å²) in [6, 6.07) is 0. The van der Waals surface area contributed by atoms with Gasteiger partial charge in [-0.2, -0.15) is 0 Å². The Morgan fingerprint density at radius 3 is 2.74 bits per heavy atom. The molecule has 1 fully saturated rings. The molecule has 0 aliphatic heterocycles. The van der Waals surface area contributed by atoms with Crippen molar-refractivity contribution in [2.75, 3.05) is 6.61 Å². The Morgan fingerprint density at radius 1 is 1.47 bits per heavy atom. The maximum atomic E-state index is 10.7. The van der Waals surface area contributed by atoms with Crippen LogP contribution in [-0.2, 0) is 9.53 Å². The molecule has 0 amide bonds. The Kier molecular flexibility index (Phi) is 5.84. The molecule has 0 N–H and O–H groups in total. The van der Waals surface area contributed by atoms with E-state index in [2.05, 4.69) is 27.4 Å². The van der Waals surface area contributed by atoms with Crippen LogP contribution in [-0.4, -0.2) is 12.6 Å². The van der Waals surface area contributed by atoms with E-state index >= 15 is 0 Å². The zero-order valence-corrected chi connectivity index (χ0v) is 12.9. The van der Waals surface area contributed by atoms with Gasteiger partial charge in [-0.3, -0.25) is 4.79 Å². The Morgan fingerprint density at radius 2 is 2.16 bits per heavy atom. The van der Waals surface area contributed by atoms with Crippen LogP contribution in [0.4, 0.5) is 0 Å². The van der Waals surface area contributed by atoms with Crippen LogP contribution in [0.2, 0.25) is 0 Å². The van der Waals surface area contributed by atoms with Crippen LogP contribution in [0, 0.1) is 11.3 Å².